The number of fused-ring (bicyclic) bond motifs is 1. The number of nitrogens with zero attached hydrogens (tertiary/aromatic N) is 4. The van der Waals surface area contributed by atoms with Gasteiger partial charge in [0.05, 0.1) is 5.52 Å². The molecule has 111 valence electrons. The van der Waals surface area contributed by atoms with Gasteiger partial charge in [0.25, 0.3) is 0 Å². The van der Waals surface area contributed by atoms with E-state index in [9.17, 15) is 0 Å². The van der Waals surface area contributed by atoms with E-state index < -0.39 is 0 Å². The second-order valence-electron chi connectivity index (χ2n) is 5.83. The molecule has 1 aromatic carbocycles. The second-order valence-corrected chi connectivity index (χ2v) is 6.74. The van der Waals surface area contributed by atoms with Gasteiger partial charge in [0.1, 0.15) is 12.1 Å². The Morgan fingerprint density at radius 3 is 2.62 bits per heavy atom. The van der Waals surface area contributed by atoms with E-state index in [0.717, 1.165) is 53.9 Å². The maximum Gasteiger partial charge on any atom is 0.140 e. The molecule has 0 unspecified atom stereocenters. The van der Waals surface area contributed by atoms with Crippen LogP contribution in [0.5, 0.6) is 0 Å². The fourth-order valence-corrected chi connectivity index (χ4v) is 3.19. The van der Waals surface area contributed by atoms with Crippen LogP contribution < -0.4 is 4.90 Å². The van der Waals surface area contributed by atoms with E-state index in [1.54, 1.807) is 6.33 Å². The van der Waals surface area contributed by atoms with E-state index in [1.807, 2.05) is 12.1 Å². The number of piperazine rings is 1. The van der Waals surface area contributed by atoms with Crippen molar-refractivity contribution >= 4 is 32.7 Å². The highest BCUT2D eigenvalue weighted by molar-refractivity contribution is 9.10. The highest BCUT2D eigenvalue weighted by Crippen LogP contribution is 2.26. The maximum atomic E-state index is 4.53. The van der Waals surface area contributed by atoms with Gasteiger partial charge < -0.3 is 4.90 Å². The summed E-state index contributed by atoms with van der Waals surface area (Å²) in [6.45, 7) is 9.71. The average Bonchev–Trinajstić information content (AvgIpc) is 2.47. The molecular weight excluding hydrogens is 328 g/mol. The van der Waals surface area contributed by atoms with E-state index in [2.05, 4.69) is 55.6 Å². The topological polar surface area (TPSA) is 32.3 Å². The smallest absolute Gasteiger partial charge is 0.140 e. The molecule has 0 amide bonds. The van der Waals surface area contributed by atoms with E-state index in [-0.39, 0.29) is 0 Å². The highest BCUT2D eigenvalue weighted by atomic mass is 79.9. The molecule has 0 N–H and O–H groups in total. The monoisotopic (exact) mass is 347 g/mol. The summed E-state index contributed by atoms with van der Waals surface area (Å²) in [4.78, 5) is 13.8. The molecule has 21 heavy (non-hydrogen) atoms. The summed E-state index contributed by atoms with van der Waals surface area (Å²) in [7, 11) is 0. The Bertz CT molecular complexity index is 621. The Hall–Kier alpha value is -1.20. The summed E-state index contributed by atoms with van der Waals surface area (Å²) in [5, 5.41) is 1.12. The number of hydrogen-bond donors (Lipinski definition) is 0. The lowest BCUT2D eigenvalue weighted by Gasteiger charge is -2.36. The minimum atomic E-state index is 1.00. The third kappa shape index (κ3) is 3.35. The number of aromatic nitrogens is 2. The molecular formula is C16H20BrN4. The molecule has 3 rings (SSSR count). The fourth-order valence-electron chi connectivity index (χ4n) is 2.83. The van der Waals surface area contributed by atoms with Gasteiger partial charge >= 0.3 is 0 Å². The Balaban J connectivity index is 1.81. The van der Waals surface area contributed by atoms with Gasteiger partial charge in [0.2, 0.25) is 0 Å². The van der Waals surface area contributed by atoms with Crippen molar-refractivity contribution in [2.45, 2.75) is 13.8 Å². The van der Waals surface area contributed by atoms with Gasteiger partial charge in [0.15, 0.2) is 0 Å². The van der Waals surface area contributed by atoms with Crippen molar-refractivity contribution in [2.75, 3.05) is 37.6 Å². The lowest BCUT2D eigenvalue weighted by Crippen LogP contribution is -2.47. The summed E-state index contributed by atoms with van der Waals surface area (Å²) in [6, 6.07) is 6.17. The van der Waals surface area contributed by atoms with Crippen molar-refractivity contribution in [3.8, 4) is 0 Å². The van der Waals surface area contributed by atoms with Crippen LogP contribution in [0.25, 0.3) is 10.9 Å². The van der Waals surface area contributed by atoms with Crippen LogP contribution >= 0.6 is 15.9 Å². The number of halogens is 1. The normalized spacial score (nSPS) is 16.9. The second kappa shape index (κ2) is 6.28. The zero-order valence-electron chi connectivity index (χ0n) is 12.5. The molecule has 0 saturated carbocycles. The van der Waals surface area contributed by atoms with Gasteiger partial charge in [-0.1, -0.05) is 29.8 Å². The fraction of sp³-hybridized carbons (Fsp3) is 0.438. The molecule has 1 aromatic heterocycles. The zero-order valence-corrected chi connectivity index (χ0v) is 14.1. The average molecular weight is 348 g/mol. The SMILES string of the molecule is C[C](C)CN1CCN(c2ncnc3ccc(Br)cc23)CC1. The molecule has 1 aliphatic heterocycles. The molecule has 2 heterocycles. The molecule has 5 heteroatoms. The molecule has 0 spiro atoms. The molecule has 0 aliphatic carbocycles. The Kier molecular flexibility index (Phi) is 4.40. The molecule has 4 nitrogen and oxygen atoms in total. The van der Waals surface area contributed by atoms with Crippen LogP contribution in [0.2, 0.25) is 0 Å². The van der Waals surface area contributed by atoms with Crippen molar-refractivity contribution < 1.29 is 0 Å². The van der Waals surface area contributed by atoms with Crippen LogP contribution in [0.3, 0.4) is 0 Å². The first kappa shape index (κ1) is 14.7. The van der Waals surface area contributed by atoms with Crippen LogP contribution in [-0.2, 0) is 0 Å². The van der Waals surface area contributed by atoms with Crippen molar-refractivity contribution in [3.05, 3.63) is 34.9 Å². The van der Waals surface area contributed by atoms with Crippen LogP contribution in [0.15, 0.2) is 29.0 Å². The summed E-state index contributed by atoms with van der Waals surface area (Å²) in [5.41, 5.74) is 1.00. The third-order valence-corrected chi connectivity index (χ3v) is 4.28. The minimum Gasteiger partial charge on any atom is -0.353 e. The van der Waals surface area contributed by atoms with E-state index in [1.165, 1.54) is 5.92 Å². The van der Waals surface area contributed by atoms with E-state index >= 15 is 0 Å². The molecule has 1 radical (unpaired) electrons. The highest BCUT2D eigenvalue weighted by Gasteiger charge is 2.20. The minimum absolute atomic E-state index is 1.00. The van der Waals surface area contributed by atoms with Gasteiger partial charge in [-0.05, 0) is 24.1 Å². The first-order valence-electron chi connectivity index (χ1n) is 7.30. The predicted octanol–water partition coefficient (Wildman–Crippen LogP) is 3.13. The van der Waals surface area contributed by atoms with Crippen LogP contribution in [0.4, 0.5) is 5.82 Å². The van der Waals surface area contributed by atoms with Gasteiger partial charge in [-0.15, -0.1) is 0 Å². The summed E-state index contributed by atoms with van der Waals surface area (Å²) >= 11 is 3.54. The standard InChI is InChI=1S/C16H20BrN4/c1-12(2)10-20-5-7-21(8-6-20)16-14-9-13(17)3-4-15(14)18-11-19-16/h3-4,9,11H,5-8,10H2,1-2H3. The van der Waals surface area contributed by atoms with Crippen LogP contribution in [0.1, 0.15) is 13.8 Å². The van der Waals surface area contributed by atoms with Crippen molar-refractivity contribution in [1.82, 2.24) is 14.9 Å². The van der Waals surface area contributed by atoms with E-state index in [0.29, 0.717) is 0 Å². The van der Waals surface area contributed by atoms with Crippen molar-refractivity contribution in [2.24, 2.45) is 0 Å². The number of hydrogen-bond acceptors (Lipinski definition) is 4. The predicted molar refractivity (Wildman–Crippen MR) is 90.5 cm³/mol. The Morgan fingerprint density at radius 1 is 1.14 bits per heavy atom. The van der Waals surface area contributed by atoms with Crippen LogP contribution in [0, 0.1) is 5.92 Å². The van der Waals surface area contributed by atoms with E-state index in [4.69, 9.17) is 0 Å². The maximum absolute atomic E-state index is 4.53. The van der Waals surface area contributed by atoms with Crippen molar-refractivity contribution in [3.63, 3.8) is 0 Å². The van der Waals surface area contributed by atoms with Gasteiger partial charge in [0, 0.05) is 42.6 Å². The Labute approximate surface area is 134 Å². The number of anilines is 1. The first-order chi connectivity index (χ1) is 10.1. The zero-order chi connectivity index (χ0) is 14.8. The number of rotatable bonds is 3. The largest absolute Gasteiger partial charge is 0.353 e. The molecule has 1 fully saturated rings. The van der Waals surface area contributed by atoms with Crippen molar-refractivity contribution in [1.29, 1.82) is 0 Å². The molecule has 2 aromatic rings. The quantitative estimate of drug-likeness (QED) is 0.853. The van der Waals surface area contributed by atoms with Crippen LogP contribution in [-0.4, -0.2) is 47.6 Å². The molecule has 0 atom stereocenters. The van der Waals surface area contributed by atoms with Gasteiger partial charge in [-0.3, -0.25) is 4.90 Å². The molecule has 0 bridgehead atoms. The Morgan fingerprint density at radius 2 is 1.90 bits per heavy atom. The van der Waals surface area contributed by atoms with Gasteiger partial charge in [-0.2, -0.15) is 0 Å². The lowest BCUT2D eigenvalue weighted by atomic mass is 10.1. The third-order valence-electron chi connectivity index (χ3n) is 3.79. The number of benzene rings is 1. The first-order valence-corrected chi connectivity index (χ1v) is 8.09. The summed E-state index contributed by atoms with van der Waals surface area (Å²) in [6.07, 6.45) is 1.67. The lowest BCUT2D eigenvalue weighted by molar-refractivity contribution is 0.267. The summed E-state index contributed by atoms with van der Waals surface area (Å²) in [5.74, 6) is 2.53. The summed E-state index contributed by atoms with van der Waals surface area (Å²) < 4.78 is 1.07. The molecule has 1 saturated heterocycles. The molecule has 1 aliphatic rings. The van der Waals surface area contributed by atoms with Gasteiger partial charge in [-0.25, -0.2) is 9.97 Å².